The van der Waals surface area contributed by atoms with E-state index in [1.54, 1.807) is 0 Å². The zero-order valence-electron chi connectivity index (χ0n) is 14.4. The van der Waals surface area contributed by atoms with Gasteiger partial charge in [-0.15, -0.1) is 0 Å². The van der Waals surface area contributed by atoms with Crippen LogP contribution in [-0.4, -0.2) is 43.0 Å². The van der Waals surface area contributed by atoms with Gasteiger partial charge in [-0.2, -0.15) is 0 Å². The number of rotatable bonds is 9. The zero-order valence-corrected chi connectivity index (χ0v) is 14.4. The number of carbonyl (C=O) groups excluding carboxylic acids is 1. The van der Waals surface area contributed by atoms with Crippen molar-refractivity contribution in [3.63, 3.8) is 0 Å². The highest BCUT2D eigenvalue weighted by Gasteiger charge is 2.24. The molecule has 1 aliphatic rings. The third-order valence-corrected chi connectivity index (χ3v) is 4.86. The Kier molecular flexibility index (Phi) is 8.27. The van der Waals surface area contributed by atoms with Gasteiger partial charge in [0.25, 0.3) is 0 Å². The molecule has 1 heterocycles. The minimum Gasteiger partial charge on any atom is -0.356 e. The van der Waals surface area contributed by atoms with Gasteiger partial charge in [-0.3, -0.25) is 4.79 Å². The lowest BCUT2D eigenvalue weighted by Crippen LogP contribution is -2.33. The maximum absolute atomic E-state index is 12.0. The van der Waals surface area contributed by atoms with Gasteiger partial charge >= 0.3 is 0 Å². The lowest BCUT2D eigenvalue weighted by atomic mass is 9.88. The molecule has 2 atom stereocenters. The third-order valence-electron chi connectivity index (χ3n) is 4.86. The Hall–Kier alpha value is -0.610. The fourth-order valence-electron chi connectivity index (χ4n) is 3.19. The largest absolute Gasteiger partial charge is 0.356 e. The first-order chi connectivity index (χ1) is 9.93. The van der Waals surface area contributed by atoms with Crippen molar-refractivity contribution in [3.05, 3.63) is 0 Å². The summed E-state index contributed by atoms with van der Waals surface area (Å²) in [5.74, 6) is 2.02. The second-order valence-electron chi connectivity index (χ2n) is 7.17. The van der Waals surface area contributed by atoms with Gasteiger partial charge in [0.1, 0.15) is 0 Å². The molecule has 21 heavy (non-hydrogen) atoms. The number of amides is 1. The molecule has 1 fully saturated rings. The molecule has 2 unspecified atom stereocenters. The third kappa shape index (κ3) is 6.79. The Morgan fingerprint density at radius 3 is 2.52 bits per heavy atom. The predicted octanol–water partition coefficient (Wildman–Crippen LogP) is 2.23. The first-order valence-corrected chi connectivity index (χ1v) is 8.64. The molecule has 4 nitrogen and oxygen atoms in total. The molecule has 1 aliphatic heterocycles. The molecule has 0 aliphatic carbocycles. The SMILES string of the molecule is CC(C)C(CCN)CCC(=O)NCC1CCN(C(C)C)C1. The van der Waals surface area contributed by atoms with Gasteiger partial charge in [-0.05, 0) is 64.0 Å². The zero-order chi connectivity index (χ0) is 15.8. The predicted molar refractivity (Wildman–Crippen MR) is 89.1 cm³/mol. The minimum absolute atomic E-state index is 0.209. The summed E-state index contributed by atoms with van der Waals surface area (Å²) in [7, 11) is 0. The van der Waals surface area contributed by atoms with Crippen LogP contribution in [0, 0.1) is 17.8 Å². The molecule has 3 N–H and O–H groups in total. The Bertz CT molecular complexity index is 304. The summed E-state index contributed by atoms with van der Waals surface area (Å²) < 4.78 is 0. The highest BCUT2D eigenvalue weighted by Crippen LogP contribution is 2.21. The summed E-state index contributed by atoms with van der Waals surface area (Å²) in [5.41, 5.74) is 5.65. The van der Waals surface area contributed by atoms with Crippen LogP contribution in [0.25, 0.3) is 0 Å². The fraction of sp³-hybridized carbons (Fsp3) is 0.941. The minimum atomic E-state index is 0.209. The molecule has 1 rings (SSSR count). The normalized spacial score (nSPS) is 21.2. The van der Waals surface area contributed by atoms with Gasteiger partial charge in [0.2, 0.25) is 5.91 Å². The van der Waals surface area contributed by atoms with E-state index in [-0.39, 0.29) is 5.91 Å². The molecule has 0 spiro atoms. The van der Waals surface area contributed by atoms with Gasteiger partial charge < -0.3 is 16.0 Å². The van der Waals surface area contributed by atoms with Crippen LogP contribution in [0.3, 0.4) is 0 Å². The highest BCUT2D eigenvalue weighted by atomic mass is 16.1. The smallest absolute Gasteiger partial charge is 0.220 e. The topological polar surface area (TPSA) is 58.4 Å². The molecule has 0 aromatic rings. The summed E-state index contributed by atoms with van der Waals surface area (Å²) >= 11 is 0. The number of carbonyl (C=O) groups is 1. The molecule has 0 saturated carbocycles. The molecule has 0 aromatic heterocycles. The van der Waals surface area contributed by atoms with Crippen LogP contribution in [-0.2, 0) is 4.79 Å². The number of nitrogens with two attached hydrogens (primary N) is 1. The molecule has 1 saturated heterocycles. The van der Waals surface area contributed by atoms with Crippen LogP contribution in [0.1, 0.15) is 53.4 Å². The van der Waals surface area contributed by atoms with Crippen LogP contribution < -0.4 is 11.1 Å². The quantitative estimate of drug-likeness (QED) is 0.686. The molecule has 0 radical (unpaired) electrons. The Morgan fingerprint density at radius 2 is 2.00 bits per heavy atom. The number of hydrogen-bond donors (Lipinski definition) is 2. The van der Waals surface area contributed by atoms with Crippen molar-refractivity contribution in [2.24, 2.45) is 23.5 Å². The van der Waals surface area contributed by atoms with Gasteiger partial charge in [-0.1, -0.05) is 13.8 Å². The van der Waals surface area contributed by atoms with Crippen LogP contribution in [0.5, 0.6) is 0 Å². The molecule has 4 heteroatoms. The van der Waals surface area contributed by atoms with Crippen LogP contribution in [0.4, 0.5) is 0 Å². The maximum Gasteiger partial charge on any atom is 0.220 e. The average Bonchev–Trinajstić information content (AvgIpc) is 2.89. The molecular weight excluding hydrogens is 262 g/mol. The highest BCUT2D eigenvalue weighted by molar-refractivity contribution is 5.75. The van der Waals surface area contributed by atoms with Crippen molar-refractivity contribution in [3.8, 4) is 0 Å². The van der Waals surface area contributed by atoms with E-state index in [9.17, 15) is 4.79 Å². The van der Waals surface area contributed by atoms with E-state index in [0.717, 1.165) is 32.5 Å². The van der Waals surface area contributed by atoms with Crippen LogP contribution in [0.15, 0.2) is 0 Å². The van der Waals surface area contributed by atoms with Crippen molar-refractivity contribution in [1.29, 1.82) is 0 Å². The van der Waals surface area contributed by atoms with Crippen LogP contribution >= 0.6 is 0 Å². The van der Waals surface area contributed by atoms with E-state index in [0.29, 0.717) is 30.2 Å². The van der Waals surface area contributed by atoms with Crippen molar-refractivity contribution >= 4 is 5.91 Å². The summed E-state index contributed by atoms with van der Waals surface area (Å²) in [6.07, 6.45) is 3.84. The van der Waals surface area contributed by atoms with Crippen LogP contribution in [0.2, 0.25) is 0 Å². The second kappa shape index (κ2) is 9.42. The summed E-state index contributed by atoms with van der Waals surface area (Å²) in [4.78, 5) is 14.5. The first kappa shape index (κ1) is 18.4. The number of likely N-dealkylation sites (tertiary alicyclic amines) is 1. The maximum atomic E-state index is 12.0. The standard InChI is InChI=1S/C17H35N3O/c1-13(2)16(7-9-18)5-6-17(21)19-11-15-8-10-20(12-15)14(3)4/h13-16H,5-12,18H2,1-4H3,(H,19,21). The Balaban J connectivity index is 2.19. The van der Waals surface area contributed by atoms with E-state index < -0.39 is 0 Å². The molecular formula is C17H35N3O. The van der Waals surface area contributed by atoms with Crippen molar-refractivity contribution < 1.29 is 4.79 Å². The molecule has 124 valence electrons. The van der Waals surface area contributed by atoms with Crippen molar-refractivity contribution in [1.82, 2.24) is 10.2 Å². The number of hydrogen-bond acceptors (Lipinski definition) is 3. The summed E-state index contributed by atoms with van der Waals surface area (Å²) in [6.45, 7) is 12.8. The van der Waals surface area contributed by atoms with E-state index in [2.05, 4.69) is 37.9 Å². The van der Waals surface area contributed by atoms with Gasteiger partial charge in [0, 0.05) is 25.6 Å². The summed E-state index contributed by atoms with van der Waals surface area (Å²) in [6, 6.07) is 0.619. The van der Waals surface area contributed by atoms with E-state index in [1.807, 2.05) is 0 Å². The molecule has 0 aromatic carbocycles. The molecule has 0 bridgehead atoms. The van der Waals surface area contributed by atoms with Gasteiger partial charge in [-0.25, -0.2) is 0 Å². The monoisotopic (exact) mass is 297 g/mol. The van der Waals surface area contributed by atoms with Crippen molar-refractivity contribution in [2.75, 3.05) is 26.2 Å². The second-order valence-corrected chi connectivity index (χ2v) is 7.17. The van der Waals surface area contributed by atoms with Gasteiger partial charge in [0.15, 0.2) is 0 Å². The molecule has 1 amide bonds. The van der Waals surface area contributed by atoms with E-state index in [1.165, 1.54) is 13.0 Å². The first-order valence-electron chi connectivity index (χ1n) is 8.64. The van der Waals surface area contributed by atoms with Gasteiger partial charge in [0.05, 0.1) is 0 Å². The number of nitrogens with one attached hydrogen (secondary N) is 1. The van der Waals surface area contributed by atoms with E-state index in [4.69, 9.17) is 5.73 Å². The fourth-order valence-corrected chi connectivity index (χ4v) is 3.19. The lowest BCUT2D eigenvalue weighted by Gasteiger charge is -2.21. The Morgan fingerprint density at radius 1 is 1.29 bits per heavy atom. The van der Waals surface area contributed by atoms with E-state index >= 15 is 0 Å². The Labute approximate surface area is 130 Å². The summed E-state index contributed by atoms with van der Waals surface area (Å²) in [5, 5.41) is 3.12. The average molecular weight is 297 g/mol. The lowest BCUT2D eigenvalue weighted by molar-refractivity contribution is -0.121. The number of nitrogens with zero attached hydrogens (tertiary/aromatic N) is 1. The van der Waals surface area contributed by atoms with Crippen molar-refractivity contribution in [2.45, 2.75) is 59.4 Å².